The van der Waals surface area contributed by atoms with Crippen LogP contribution in [0.25, 0.3) is 22.0 Å². The van der Waals surface area contributed by atoms with E-state index in [1.54, 1.807) is 20.0 Å². The minimum Gasteiger partial charge on any atom is -0.359 e. The largest absolute Gasteiger partial charge is 0.359 e. The van der Waals surface area contributed by atoms with E-state index < -0.39 is 5.91 Å². The van der Waals surface area contributed by atoms with Crippen molar-refractivity contribution in [3.63, 3.8) is 0 Å². The van der Waals surface area contributed by atoms with Gasteiger partial charge in [-0.1, -0.05) is 17.7 Å². The molecule has 1 amide bonds. The minimum atomic E-state index is -0.397. The van der Waals surface area contributed by atoms with Crippen LogP contribution in [0.5, 0.6) is 0 Å². The number of allylic oxidation sites excluding steroid dienone is 1. The number of H-pyrrole nitrogens is 1. The van der Waals surface area contributed by atoms with E-state index in [0.29, 0.717) is 11.3 Å². The maximum absolute atomic E-state index is 12.3. The Morgan fingerprint density at radius 2 is 2.04 bits per heavy atom. The summed E-state index contributed by atoms with van der Waals surface area (Å²) in [5.41, 5.74) is 5.51. The molecule has 0 radical (unpaired) electrons. The average molecular weight is 330 g/mol. The Labute approximate surface area is 146 Å². The van der Waals surface area contributed by atoms with E-state index in [-0.39, 0.29) is 5.57 Å². The Balaban J connectivity index is 2.06. The molecule has 0 saturated carbocycles. The van der Waals surface area contributed by atoms with Crippen molar-refractivity contribution in [2.45, 2.75) is 20.8 Å². The molecule has 0 unspecified atom stereocenters. The standard InChI is InChI=1S/C20H18N4O/c1-12(2)16(9-21)20(25)24-18-6-4-5-15-17(11-23-19(15)18)14-7-8-22-10-13(14)3/h4-8,10-11,23H,1-3H3,(H,24,25). The molecule has 2 heterocycles. The Morgan fingerprint density at radius 1 is 1.24 bits per heavy atom. The summed E-state index contributed by atoms with van der Waals surface area (Å²) in [7, 11) is 0. The number of pyridine rings is 1. The van der Waals surface area contributed by atoms with E-state index in [0.717, 1.165) is 27.6 Å². The predicted molar refractivity (Wildman–Crippen MR) is 98.9 cm³/mol. The zero-order chi connectivity index (χ0) is 18.0. The highest BCUT2D eigenvalue weighted by atomic mass is 16.1. The highest BCUT2D eigenvalue weighted by molar-refractivity contribution is 6.12. The number of hydrogen-bond donors (Lipinski definition) is 2. The number of nitrogens with one attached hydrogen (secondary N) is 2. The van der Waals surface area contributed by atoms with Crippen LogP contribution in [0.4, 0.5) is 5.69 Å². The number of anilines is 1. The highest BCUT2D eigenvalue weighted by Gasteiger charge is 2.15. The summed E-state index contributed by atoms with van der Waals surface area (Å²) in [4.78, 5) is 19.7. The Morgan fingerprint density at radius 3 is 2.72 bits per heavy atom. The molecule has 0 saturated heterocycles. The fourth-order valence-electron chi connectivity index (χ4n) is 2.83. The summed E-state index contributed by atoms with van der Waals surface area (Å²) in [6.45, 7) is 5.51. The molecule has 0 aliphatic rings. The normalized spacial score (nSPS) is 10.3. The van der Waals surface area contributed by atoms with Crippen molar-refractivity contribution in [1.82, 2.24) is 9.97 Å². The van der Waals surface area contributed by atoms with Gasteiger partial charge in [-0.2, -0.15) is 5.26 Å². The van der Waals surface area contributed by atoms with Crippen molar-refractivity contribution < 1.29 is 4.79 Å². The van der Waals surface area contributed by atoms with E-state index in [9.17, 15) is 4.79 Å². The van der Waals surface area contributed by atoms with Gasteiger partial charge in [0.2, 0.25) is 0 Å². The van der Waals surface area contributed by atoms with E-state index >= 15 is 0 Å². The van der Waals surface area contributed by atoms with Crippen LogP contribution in [0.3, 0.4) is 0 Å². The van der Waals surface area contributed by atoms with Crippen molar-refractivity contribution in [3.8, 4) is 17.2 Å². The number of para-hydroxylation sites is 1. The van der Waals surface area contributed by atoms with Crippen molar-refractivity contribution in [1.29, 1.82) is 5.26 Å². The molecule has 3 aromatic rings. The minimum absolute atomic E-state index is 0.133. The number of fused-ring (bicyclic) bond motifs is 1. The van der Waals surface area contributed by atoms with Crippen LogP contribution in [0.15, 0.2) is 54.0 Å². The number of nitriles is 1. The first-order valence-electron chi connectivity index (χ1n) is 7.93. The number of aromatic amines is 1. The monoisotopic (exact) mass is 330 g/mol. The molecular weight excluding hydrogens is 312 g/mol. The van der Waals surface area contributed by atoms with Gasteiger partial charge in [0.05, 0.1) is 11.2 Å². The molecule has 2 aromatic heterocycles. The Kier molecular flexibility index (Phi) is 4.36. The lowest BCUT2D eigenvalue weighted by molar-refractivity contribution is -0.112. The van der Waals surface area contributed by atoms with Crippen molar-refractivity contribution in [2.24, 2.45) is 0 Å². The van der Waals surface area contributed by atoms with Crippen molar-refractivity contribution in [3.05, 3.63) is 59.6 Å². The summed E-state index contributed by atoms with van der Waals surface area (Å²) in [5, 5.41) is 13.0. The van der Waals surface area contributed by atoms with Gasteiger partial charge in [0.25, 0.3) is 5.91 Å². The zero-order valence-electron chi connectivity index (χ0n) is 14.3. The fraction of sp³-hybridized carbons (Fsp3) is 0.150. The van der Waals surface area contributed by atoms with Gasteiger partial charge in [0, 0.05) is 29.5 Å². The summed E-state index contributed by atoms with van der Waals surface area (Å²) >= 11 is 0. The lowest BCUT2D eigenvalue weighted by Gasteiger charge is -2.08. The zero-order valence-corrected chi connectivity index (χ0v) is 14.3. The first kappa shape index (κ1) is 16.5. The lowest BCUT2D eigenvalue weighted by Crippen LogP contribution is -2.14. The molecule has 1 aromatic carbocycles. The second kappa shape index (κ2) is 6.62. The van der Waals surface area contributed by atoms with Crippen LogP contribution >= 0.6 is 0 Å². The fourth-order valence-corrected chi connectivity index (χ4v) is 2.83. The predicted octanol–water partition coefficient (Wildman–Crippen LogP) is 4.34. The summed E-state index contributed by atoms with van der Waals surface area (Å²) < 4.78 is 0. The van der Waals surface area contributed by atoms with E-state index in [2.05, 4.69) is 15.3 Å². The molecule has 0 fully saturated rings. The second-order valence-corrected chi connectivity index (χ2v) is 6.06. The molecule has 0 aliphatic carbocycles. The third-order valence-corrected chi connectivity index (χ3v) is 4.11. The first-order chi connectivity index (χ1) is 12.0. The second-order valence-electron chi connectivity index (χ2n) is 6.06. The Hall–Kier alpha value is -3.39. The molecule has 0 atom stereocenters. The number of rotatable bonds is 3. The molecule has 25 heavy (non-hydrogen) atoms. The number of carbonyl (C=O) groups is 1. The molecule has 3 rings (SSSR count). The number of carbonyl (C=O) groups excluding carboxylic acids is 1. The molecule has 0 spiro atoms. The summed E-state index contributed by atoms with van der Waals surface area (Å²) in [6, 6.07) is 9.64. The first-order valence-corrected chi connectivity index (χ1v) is 7.93. The number of aromatic nitrogens is 2. The van der Waals surface area contributed by atoms with Gasteiger partial charge in [0.1, 0.15) is 11.6 Å². The number of benzene rings is 1. The van der Waals surface area contributed by atoms with Crippen LogP contribution in [-0.2, 0) is 4.79 Å². The number of hydrogen-bond acceptors (Lipinski definition) is 3. The average Bonchev–Trinajstić information content (AvgIpc) is 3.00. The maximum atomic E-state index is 12.3. The number of nitrogens with zero attached hydrogens (tertiary/aromatic N) is 2. The van der Waals surface area contributed by atoms with Crippen molar-refractivity contribution >= 4 is 22.5 Å². The van der Waals surface area contributed by atoms with Crippen LogP contribution in [0.2, 0.25) is 0 Å². The quantitative estimate of drug-likeness (QED) is 0.554. The van der Waals surface area contributed by atoms with Gasteiger partial charge in [-0.3, -0.25) is 9.78 Å². The molecule has 0 aliphatic heterocycles. The number of aryl methyl sites for hydroxylation is 1. The van der Waals surface area contributed by atoms with Gasteiger partial charge < -0.3 is 10.3 Å². The summed E-state index contributed by atoms with van der Waals surface area (Å²) in [5.74, 6) is -0.397. The Bertz CT molecular complexity index is 1030. The van der Waals surface area contributed by atoms with Gasteiger partial charge in [-0.25, -0.2) is 0 Å². The molecule has 124 valence electrons. The molecule has 0 bridgehead atoms. The summed E-state index contributed by atoms with van der Waals surface area (Å²) in [6.07, 6.45) is 5.52. The van der Waals surface area contributed by atoms with E-state index in [4.69, 9.17) is 5.26 Å². The topological polar surface area (TPSA) is 81.6 Å². The van der Waals surface area contributed by atoms with Crippen molar-refractivity contribution in [2.75, 3.05) is 5.32 Å². The molecular formula is C20H18N4O. The van der Waals surface area contributed by atoms with Crippen LogP contribution in [0, 0.1) is 18.3 Å². The van der Waals surface area contributed by atoms with E-state index in [1.165, 1.54) is 0 Å². The molecule has 2 N–H and O–H groups in total. The van der Waals surface area contributed by atoms with Crippen LogP contribution in [-0.4, -0.2) is 15.9 Å². The number of amides is 1. The lowest BCUT2D eigenvalue weighted by atomic mass is 10.0. The van der Waals surface area contributed by atoms with Gasteiger partial charge >= 0.3 is 0 Å². The van der Waals surface area contributed by atoms with Gasteiger partial charge in [-0.15, -0.1) is 0 Å². The van der Waals surface area contributed by atoms with Crippen LogP contribution < -0.4 is 5.32 Å². The molecule has 5 heteroatoms. The van der Waals surface area contributed by atoms with Crippen LogP contribution in [0.1, 0.15) is 19.4 Å². The van der Waals surface area contributed by atoms with Gasteiger partial charge in [0.15, 0.2) is 0 Å². The molecule has 5 nitrogen and oxygen atoms in total. The maximum Gasteiger partial charge on any atom is 0.266 e. The van der Waals surface area contributed by atoms with Gasteiger partial charge in [-0.05, 0) is 44.0 Å². The smallest absolute Gasteiger partial charge is 0.266 e. The SMILES string of the molecule is CC(C)=C(C#N)C(=O)Nc1cccc2c(-c3ccncc3C)c[nH]c12. The third-order valence-electron chi connectivity index (χ3n) is 4.11. The highest BCUT2D eigenvalue weighted by Crippen LogP contribution is 2.33. The van der Waals surface area contributed by atoms with E-state index in [1.807, 2.05) is 49.7 Å². The third kappa shape index (κ3) is 3.02.